The predicted octanol–water partition coefficient (Wildman–Crippen LogP) is 14.0. The van der Waals surface area contributed by atoms with Gasteiger partial charge in [0, 0.05) is 16.5 Å². The summed E-state index contributed by atoms with van der Waals surface area (Å²) in [4.78, 5) is 0. The minimum atomic E-state index is -0.405. The second-order valence-electron chi connectivity index (χ2n) is 15.2. The number of benzene rings is 8. The molecule has 0 fully saturated rings. The van der Waals surface area contributed by atoms with Gasteiger partial charge in [-0.3, -0.25) is 0 Å². The summed E-state index contributed by atoms with van der Waals surface area (Å²) < 4.78 is 6.30. The first-order valence-electron chi connectivity index (χ1n) is 19.3. The van der Waals surface area contributed by atoms with E-state index in [9.17, 15) is 0 Å². The van der Waals surface area contributed by atoms with Crippen LogP contribution in [0.3, 0.4) is 0 Å². The van der Waals surface area contributed by atoms with E-state index in [1.807, 2.05) is 12.1 Å². The predicted molar refractivity (Wildman–Crippen MR) is 228 cm³/mol. The topological polar surface area (TPSA) is 25.2 Å². The lowest BCUT2D eigenvalue weighted by molar-refractivity contribution is 0.670. The molecule has 0 saturated carbocycles. The highest BCUT2D eigenvalue weighted by Crippen LogP contribution is 2.63. The fraction of sp³-hybridized carbons (Fsp3) is 0.0566. The van der Waals surface area contributed by atoms with E-state index in [4.69, 9.17) is 4.42 Å². The van der Waals surface area contributed by atoms with Crippen LogP contribution in [0.15, 0.2) is 180 Å². The van der Waals surface area contributed by atoms with Crippen molar-refractivity contribution in [2.45, 2.75) is 18.3 Å². The standard InChI is InChI=1S/C53H35NO/c1-2-11-35-30-36(21-20-33(35)10-1)37-25-29-48-45(31-37)42-28-24-38(32-49(42)53(48)46-16-6-3-12-40(46)41-13-4-7-17-47(41)53)34-22-26-39(27-23-34)54-50-18-9-15-44-43-14-5-8-19-51(43)55-52(44)50/h2-9,11-32,54H,1,10H2. The van der Waals surface area contributed by atoms with Crippen LogP contribution in [0, 0.1) is 0 Å². The summed E-state index contributed by atoms with van der Waals surface area (Å²) in [6.07, 6.45) is 6.83. The lowest BCUT2D eigenvalue weighted by Crippen LogP contribution is -2.25. The molecule has 12 rings (SSSR count). The van der Waals surface area contributed by atoms with Crippen molar-refractivity contribution in [1.82, 2.24) is 0 Å². The van der Waals surface area contributed by atoms with Crippen LogP contribution < -0.4 is 5.32 Å². The number of fused-ring (bicyclic) bond motifs is 14. The molecule has 1 heterocycles. The Morgan fingerprint density at radius 1 is 0.473 bits per heavy atom. The van der Waals surface area contributed by atoms with E-state index in [1.54, 1.807) is 0 Å². The normalized spacial score (nSPS) is 14.1. The van der Waals surface area contributed by atoms with Gasteiger partial charge in [0.05, 0.1) is 11.1 Å². The zero-order chi connectivity index (χ0) is 36.1. The van der Waals surface area contributed by atoms with Crippen LogP contribution in [-0.4, -0.2) is 0 Å². The molecule has 0 bridgehead atoms. The molecule has 0 unspecified atom stereocenters. The molecule has 55 heavy (non-hydrogen) atoms. The average molecular weight is 702 g/mol. The highest BCUT2D eigenvalue weighted by molar-refractivity contribution is 6.09. The molecule has 1 aromatic heterocycles. The summed E-state index contributed by atoms with van der Waals surface area (Å²) in [5.41, 5.74) is 21.8. The second-order valence-corrected chi connectivity index (χ2v) is 15.2. The monoisotopic (exact) mass is 701 g/mol. The third-order valence-electron chi connectivity index (χ3n) is 12.3. The Kier molecular flexibility index (Phi) is 6.41. The molecule has 9 aromatic rings. The summed E-state index contributed by atoms with van der Waals surface area (Å²) in [5.74, 6) is 0. The molecule has 3 aliphatic rings. The summed E-state index contributed by atoms with van der Waals surface area (Å²) >= 11 is 0. The van der Waals surface area contributed by atoms with E-state index < -0.39 is 5.41 Å². The minimum Gasteiger partial charge on any atom is -0.454 e. The maximum Gasteiger partial charge on any atom is 0.158 e. The Morgan fingerprint density at radius 3 is 1.98 bits per heavy atom. The molecule has 2 heteroatoms. The van der Waals surface area contributed by atoms with Gasteiger partial charge in [0.25, 0.3) is 0 Å². The van der Waals surface area contributed by atoms with Gasteiger partial charge in [-0.2, -0.15) is 0 Å². The van der Waals surface area contributed by atoms with Gasteiger partial charge >= 0.3 is 0 Å². The highest BCUT2D eigenvalue weighted by atomic mass is 16.3. The zero-order valence-electron chi connectivity index (χ0n) is 30.1. The quantitative estimate of drug-likeness (QED) is 0.198. The first kappa shape index (κ1) is 30.6. The molecule has 0 atom stereocenters. The van der Waals surface area contributed by atoms with Crippen molar-refractivity contribution in [3.05, 3.63) is 209 Å². The summed E-state index contributed by atoms with van der Waals surface area (Å²) in [7, 11) is 0. The van der Waals surface area contributed by atoms with Crippen LogP contribution in [0.5, 0.6) is 0 Å². The fourth-order valence-corrected chi connectivity index (χ4v) is 9.86. The second kappa shape index (κ2) is 11.5. The van der Waals surface area contributed by atoms with Crippen LogP contribution in [0.2, 0.25) is 0 Å². The Labute approximate surface area is 320 Å². The van der Waals surface area contributed by atoms with Crippen molar-refractivity contribution in [2.75, 3.05) is 5.32 Å². The van der Waals surface area contributed by atoms with Gasteiger partial charge in [0.2, 0.25) is 0 Å². The van der Waals surface area contributed by atoms with Crippen LogP contribution in [0.4, 0.5) is 11.4 Å². The molecule has 1 spiro atoms. The Morgan fingerprint density at radius 2 is 1.13 bits per heavy atom. The molecule has 0 radical (unpaired) electrons. The Bertz CT molecular complexity index is 3020. The highest BCUT2D eigenvalue weighted by Gasteiger charge is 2.51. The number of para-hydroxylation sites is 2. The Hall–Kier alpha value is -6.90. The maximum absolute atomic E-state index is 6.30. The number of hydrogen-bond acceptors (Lipinski definition) is 2. The molecule has 258 valence electrons. The van der Waals surface area contributed by atoms with Gasteiger partial charge in [-0.25, -0.2) is 0 Å². The van der Waals surface area contributed by atoms with Gasteiger partial charge in [-0.05, 0) is 133 Å². The molecule has 0 saturated heterocycles. The van der Waals surface area contributed by atoms with E-state index in [-0.39, 0.29) is 0 Å². The number of anilines is 2. The van der Waals surface area contributed by atoms with Crippen molar-refractivity contribution in [3.63, 3.8) is 0 Å². The summed E-state index contributed by atoms with van der Waals surface area (Å²) in [5, 5.41) is 5.89. The smallest absolute Gasteiger partial charge is 0.158 e. The Balaban J connectivity index is 0.987. The zero-order valence-corrected chi connectivity index (χ0v) is 30.1. The minimum absolute atomic E-state index is 0.405. The summed E-state index contributed by atoms with van der Waals surface area (Å²) in [6.45, 7) is 0. The van der Waals surface area contributed by atoms with Crippen LogP contribution in [0.1, 0.15) is 39.8 Å². The first-order valence-corrected chi connectivity index (χ1v) is 19.3. The van der Waals surface area contributed by atoms with Crippen LogP contribution in [-0.2, 0) is 11.8 Å². The van der Waals surface area contributed by atoms with E-state index in [2.05, 4.69) is 175 Å². The number of allylic oxidation sites excluding steroid dienone is 1. The number of rotatable bonds is 4. The number of furan rings is 1. The third kappa shape index (κ3) is 4.37. The van der Waals surface area contributed by atoms with E-state index in [1.165, 1.54) is 77.9 Å². The van der Waals surface area contributed by atoms with E-state index in [0.29, 0.717) is 0 Å². The number of aryl methyl sites for hydroxylation is 1. The molecule has 8 aromatic carbocycles. The number of nitrogens with one attached hydrogen (secondary N) is 1. The van der Waals surface area contributed by atoms with E-state index in [0.717, 1.165) is 46.2 Å². The summed E-state index contributed by atoms with van der Waals surface area (Å²) in [6, 6.07) is 62.8. The average Bonchev–Trinajstić information content (AvgIpc) is 3.88. The molecule has 1 N–H and O–H groups in total. The van der Waals surface area contributed by atoms with Crippen molar-refractivity contribution in [3.8, 4) is 44.5 Å². The molecule has 0 amide bonds. The van der Waals surface area contributed by atoms with Crippen molar-refractivity contribution < 1.29 is 4.42 Å². The lowest BCUT2D eigenvalue weighted by atomic mass is 9.70. The molecular weight excluding hydrogens is 667 g/mol. The third-order valence-corrected chi connectivity index (χ3v) is 12.3. The van der Waals surface area contributed by atoms with Gasteiger partial charge in [0.15, 0.2) is 5.58 Å². The lowest BCUT2D eigenvalue weighted by Gasteiger charge is -2.30. The van der Waals surface area contributed by atoms with Gasteiger partial charge in [0.1, 0.15) is 5.58 Å². The van der Waals surface area contributed by atoms with Crippen LogP contribution in [0.25, 0.3) is 72.5 Å². The molecular formula is C53H35NO. The van der Waals surface area contributed by atoms with Crippen molar-refractivity contribution in [1.29, 1.82) is 0 Å². The van der Waals surface area contributed by atoms with Gasteiger partial charge < -0.3 is 9.73 Å². The largest absolute Gasteiger partial charge is 0.454 e. The molecule has 0 aliphatic heterocycles. The van der Waals surface area contributed by atoms with Crippen LogP contribution >= 0.6 is 0 Å². The SMILES string of the molecule is C1=Cc2cc(-c3ccc4c(c3)-c3ccc(-c5ccc(Nc6cccc7c6oc6ccccc67)cc5)cc3C43c4ccccc4-c4ccccc43)ccc2CC1. The fourth-order valence-electron chi connectivity index (χ4n) is 9.86. The molecule has 2 nitrogen and oxygen atoms in total. The van der Waals surface area contributed by atoms with Crippen molar-refractivity contribution >= 4 is 39.4 Å². The van der Waals surface area contributed by atoms with Gasteiger partial charge in [-0.1, -0.05) is 140 Å². The van der Waals surface area contributed by atoms with E-state index >= 15 is 0 Å². The maximum atomic E-state index is 6.30. The van der Waals surface area contributed by atoms with Gasteiger partial charge in [-0.15, -0.1) is 0 Å². The van der Waals surface area contributed by atoms with Crippen molar-refractivity contribution in [2.24, 2.45) is 0 Å². The molecule has 3 aliphatic carbocycles. The first-order chi connectivity index (χ1) is 27.2. The number of hydrogen-bond donors (Lipinski definition) is 1.